The summed E-state index contributed by atoms with van der Waals surface area (Å²) in [5.41, 5.74) is 0.0816. The Kier molecular flexibility index (Phi) is 4.47. The molecule has 1 aromatic carbocycles. The first-order valence-electron chi connectivity index (χ1n) is 5.32. The van der Waals surface area contributed by atoms with Crippen LogP contribution >= 0.6 is 0 Å². The van der Waals surface area contributed by atoms with Crippen molar-refractivity contribution in [1.29, 1.82) is 0 Å². The predicted octanol–water partition coefficient (Wildman–Crippen LogP) is 2.20. The molecule has 0 saturated heterocycles. The van der Waals surface area contributed by atoms with E-state index in [9.17, 15) is 28.1 Å². The van der Waals surface area contributed by atoms with Gasteiger partial charge in [-0.1, -0.05) is 18.2 Å². The molecule has 0 spiro atoms. The van der Waals surface area contributed by atoms with Crippen molar-refractivity contribution >= 4 is 11.6 Å². The zero-order valence-corrected chi connectivity index (χ0v) is 9.90. The average Bonchev–Trinajstić information content (AvgIpc) is 2.27. The Morgan fingerprint density at radius 3 is 2.53 bits per heavy atom. The summed E-state index contributed by atoms with van der Waals surface area (Å²) in [5.74, 6) is -2.06. The number of carbonyl (C=O) groups excluding carboxylic acids is 1. The molecule has 1 rings (SSSR count). The van der Waals surface area contributed by atoms with Gasteiger partial charge >= 0.3 is 12.1 Å². The van der Waals surface area contributed by atoms with Crippen LogP contribution in [0, 0.1) is 10.1 Å². The Hall–Kier alpha value is -2.12. The van der Waals surface area contributed by atoms with E-state index in [0.29, 0.717) is 0 Å². The van der Waals surface area contributed by atoms with Gasteiger partial charge in [-0.3, -0.25) is 14.9 Å². The molecule has 8 heteroatoms. The van der Waals surface area contributed by atoms with Gasteiger partial charge in [0.1, 0.15) is 0 Å². The van der Waals surface area contributed by atoms with Crippen LogP contribution in [0.2, 0.25) is 0 Å². The third-order valence-corrected chi connectivity index (χ3v) is 2.35. The van der Waals surface area contributed by atoms with Crippen LogP contribution in [0.25, 0.3) is 0 Å². The van der Waals surface area contributed by atoms with Crippen molar-refractivity contribution in [2.24, 2.45) is 0 Å². The lowest BCUT2D eigenvalue weighted by Crippen LogP contribution is -2.42. The second-order valence-corrected chi connectivity index (χ2v) is 3.96. The maximum atomic E-state index is 12.0. The number of hydrogen-bond donors (Lipinski definition) is 1. The molecule has 0 aliphatic heterocycles. The molecule has 0 aliphatic carbocycles. The lowest BCUT2D eigenvalue weighted by molar-refractivity contribution is -0.385. The molecule has 104 valence electrons. The van der Waals surface area contributed by atoms with Crippen LogP contribution in [0.3, 0.4) is 0 Å². The van der Waals surface area contributed by atoms with Gasteiger partial charge in [0, 0.05) is 17.7 Å². The van der Waals surface area contributed by atoms with Crippen molar-refractivity contribution in [2.75, 3.05) is 0 Å². The van der Waals surface area contributed by atoms with Crippen LogP contribution in [-0.2, 0) is 11.2 Å². The van der Waals surface area contributed by atoms with Gasteiger partial charge in [-0.15, -0.1) is 0 Å². The largest absolute Gasteiger partial charge is 0.471 e. The van der Waals surface area contributed by atoms with Crippen LogP contribution in [0.15, 0.2) is 24.3 Å². The highest BCUT2D eigenvalue weighted by molar-refractivity contribution is 5.81. The second kappa shape index (κ2) is 5.68. The van der Waals surface area contributed by atoms with Crippen molar-refractivity contribution < 1.29 is 22.9 Å². The number of alkyl halides is 3. The highest BCUT2D eigenvalue weighted by atomic mass is 19.4. The number of halogens is 3. The quantitative estimate of drug-likeness (QED) is 0.677. The van der Waals surface area contributed by atoms with Gasteiger partial charge in [-0.2, -0.15) is 13.2 Å². The minimum absolute atomic E-state index is 0.0566. The molecule has 1 atom stereocenters. The molecule has 1 amide bonds. The number of carbonyl (C=O) groups is 1. The van der Waals surface area contributed by atoms with Crippen molar-refractivity contribution in [1.82, 2.24) is 5.32 Å². The van der Waals surface area contributed by atoms with E-state index in [-0.39, 0.29) is 17.7 Å². The Morgan fingerprint density at radius 2 is 2.00 bits per heavy atom. The number of rotatable bonds is 4. The van der Waals surface area contributed by atoms with Gasteiger partial charge in [0.2, 0.25) is 0 Å². The summed E-state index contributed by atoms with van der Waals surface area (Å²) in [5, 5.41) is 12.5. The Balaban J connectivity index is 2.75. The molecule has 0 saturated carbocycles. The molecule has 0 heterocycles. The summed E-state index contributed by atoms with van der Waals surface area (Å²) in [6.07, 6.45) is -5.02. The molecule has 0 fully saturated rings. The van der Waals surface area contributed by atoms with E-state index in [2.05, 4.69) is 0 Å². The maximum absolute atomic E-state index is 12.0. The van der Waals surface area contributed by atoms with Crippen molar-refractivity contribution in [2.45, 2.75) is 25.6 Å². The van der Waals surface area contributed by atoms with Gasteiger partial charge < -0.3 is 5.32 Å². The molecule has 1 N–H and O–H groups in total. The highest BCUT2D eigenvalue weighted by Crippen LogP contribution is 2.20. The first-order chi connectivity index (χ1) is 8.71. The molecule has 5 nitrogen and oxygen atoms in total. The topological polar surface area (TPSA) is 72.2 Å². The zero-order valence-electron chi connectivity index (χ0n) is 9.90. The summed E-state index contributed by atoms with van der Waals surface area (Å²) >= 11 is 0. The van der Waals surface area contributed by atoms with Crippen LogP contribution in [0.5, 0.6) is 0 Å². The average molecular weight is 276 g/mol. The van der Waals surface area contributed by atoms with Gasteiger partial charge in [0.15, 0.2) is 0 Å². The fourth-order valence-electron chi connectivity index (χ4n) is 1.55. The summed E-state index contributed by atoms with van der Waals surface area (Å²) in [6.45, 7) is 1.35. The minimum Gasteiger partial charge on any atom is -0.345 e. The monoisotopic (exact) mass is 276 g/mol. The van der Waals surface area contributed by atoms with E-state index in [1.54, 1.807) is 11.4 Å². The fourth-order valence-corrected chi connectivity index (χ4v) is 1.55. The number of hydrogen-bond acceptors (Lipinski definition) is 3. The van der Waals surface area contributed by atoms with Gasteiger partial charge in [0.05, 0.1) is 4.92 Å². The fraction of sp³-hybridized carbons (Fsp3) is 0.364. The lowest BCUT2D eigenvalue weighted by atomic mass is 10.1. The van der Waals surface area contributed by atoms with Crippen LogP contribution in [0.4, 0.5) is 18.9 Å². The van der Waals surface area contributed by atoms with Crippen LogP contribution in [0.1, 0.15) is 12.5 Å². The van der Waals surface area contributed by atoms with Crippen molar-refractivity contribution in [3.8, 4) is 0 Å². The highest BCUT2D eigenvalue weighted by Gasteiger charge is 2.39. The van der Waals surface area contributed by atoms with Crippen molar-refractivity contribution in [3.63, 3.8) is 0 Å². The number of nitrogens with one attached hydrogen (secondary N) is 1. The first kappa shape index (κ1) is 14.9. The molecule has 0 unspecified atom stereocenters. The SMILES string of the molecule is C[C@H](Cc1ccccc1[N+](=O)[O-])NC(=O)C(F)(F)F. The molecular weight excluding hydrogens is 265 g/mol. The van der Waals surface area contributed by atoms with Crippen LogP contribution in [-0.4, -0.2) is 23.0 Å². The van der Waals surface area contributed by atoms with E-state index in [1.807, 2.05) is 0 Å². The number of benzene rings is 1. The Bertz CT molecular complexity index is 488. The standard InChI is InChI=1S/C11H11F3N2O3/c1-7(15-10(17)11(12,13)14)6-8-4-2-3-5-9(8)16(18)19/h2-5,7H,6H2,1H3,(H,15,17)/t7-/m1/s1. The Morgan fingerprint density at radius 1 is 1.42 bits per heavy atom. The van der Waals surface area contributed by atoms with Crippen LogP contribution < -0.4 is 5.32 Å². The van der Waals surface area contributed by atoms with Crippen molar-refractivity contribution in [3.05, 3.63) is 39.9 Å². The molecule has 0 radical (unpaired) electrons. The number of nitro groups is 1. The van der Waals surface area contributed by atoms with Gasteiger partial charge in [-0.25, -0.2) is 0 Å². The third-order valence-electron chi connectivity index (χ3n) is 2.35. The smallest absolute Gasteiger partial charge is 0.345 e. The predicted molar refractivity (Wildman–Crippen MR) is 60.5 cm³/mol. The normalized spacial score (nSPS) is 12.8. The third kappa shape index (κ3) is 4.23. The zero-order chi connectivity index (χ0) is 14.6. The summed E-state index contributed by atoms with van der Waals surface area (Å²) in [7, 11) is 0. The molecule has 19 heavy (non-hydrogen) atoms. The number of para-hydroxylation sites is 1. The maximum Gasteiger partial charge on any atom is 0.471 e. The van der Waals surface area contributed by atoms with E-state index < -0.39 is 23.0 Å². The molecule has 0 bridgehead atoms. The number of nitrogens with zero attached hydrogens (tertiary/aromatic N) is 1. The first-order valence-corrected chi connectivity index (χ1v) is 5.32. The number of nitro benzene ring substituents is 1. The summed E-state index contributed by atoms with van der Waals surface area (Å²) < 4.78 is 36.1. The summed E-state index contributed by atoms with van der Waals surface area (Å²) in [6, 6.07) is 4.83. The summed E-state index contributed by atoms with van der Waals surface area (Å²) in [4.78, 5) is 20.8. The second-order valence-electron chi connectivity index (χ2n) is 3.96. The van der Waals surface area contributed by atoms with E-state index in [4.69, 9.17) is 0 Å². The number of amides is 1. The Labute approximate surface area is 106 Å². The minimum atomic E-state index is -4.96. The van der Waals surface area contributed by atoms with E-state index >= 15 is 0 Å². The van der Waals surface area contributed by atoms with E-state index in [0.717, 1.165) is 0 Å². The molecule has 0 aliphatic rings. The van der Waals surface area contributed by atoms with Gasteiger partial charge in [-0.05, 0) is 13.3 Å². The van der Waals surface area contributed by atoms with E-state index in [1.165, 1.54) is 25.1 Å². The molecular formula is C11H11F3N2O3. The van der Waals surface area contributed by atoms with Gasteiger partial charge in [0.25, 0.3) is 5.69 Å². The lowest BCUT2D eigenvalue weighted by Gasteiger charge is -2.15. The molecule has 1 aromatic rings. The molecule has 0 aromatic heterocycles.